The highest BCUT2D eigenvalue weighted by molar-refractivity contribution is 7.89. The molecule has 1 heterocycles. The van der Waals surface area contributed by atoms with Crippen LogP contribution >= 0.6 is 11.3 Å². The van der Waals surface area contributed by atoms with Gasteiger partial charge in [-0.15, -0.1) is 11.3 Å². The maximum Gasteiger partial charge on any atom is 0.339 e. The lowest BCUT2D eigenvalue weighted by molar-refractivity contribution is 0.0583. The third-order valence-electron chi connectivity index (χ3n) is 4.19. The van der Waals surface area contributed by atoms with Crippen LogP contribution in [-0.2, 0) is 26.0 Å². The fourth-order valence-electron chi connectivity index (χ4n) is 2.69. The summed E-state index contributed by atoms with van der Waals surface area (Å²) in [5.74, 6) is -1.54. The first-order valence-corrected chi connectivity index (χ1v) is 10.6. The van der Waals surface area contributed by atoms with E-state index < -0.39 is 22.0 Å². The number of nitrogens with zero attached hydrogens (tertiary/aromatic N) is 2. The number of hydrogen-bond acceptors (Lipinski definition) is 8. The maximum absolute atomic E-state index is 13.2. The summed E-state index contributed by atoms with van der Waals surface area (Å²) in [6.45, 7) is 0.00471. The van der Waals surface area contributed by atoms with E-state index in [1.165, 1.54) is 37.6 Å². The van der Waals surface area contributed by atoms with Crippen LogP contribution in [-0.4, -0.2) is 50.9 Å². The minimum absolute atomic E-state index is 0.00471. The maximum atomic E-state index is 13.2. The largest absolute Gasteiger partial charge is 0.465 e. The fraction of sp³-hybridized carbons (Fsp3) is 0.211. The predicted molar refractivity (Wildman–Crippen MR) is 107 cm³/mol. The van der Waals surface area contributed by atoms with E-state index in [-0.39, 0.29) is 22.6 Å². The quantitative estimate of drug-likeness (QED) is 0.550. The Balaban J connectivity index is 2.01. The van der Waals surface area contributed by atoms with Gasteiger partial charge in [0.2, 0.25) is 10.0 Å². The second-order valence-electron chi connectivity index (χ2n) is 6.03. The van der Waals surface area contributed by atoms with Crippen LogP contribution in [0.5, 0.6) is 0 Å². The van der Waals surface area contributed by atoms with Gasteiger partial charge in [-0.1, -0.05) is 12.1 Å². The van der Waals surface area contributed by atoms with Crippen LogP contribution in [0.25, 0.3) is 10.2 Å². The van der Waals surface area contributed by atoms with E-state index in [4.69, 9.17) is 0 Å². The summed E-state index contributed by atoms with van der Waals surface area (Å²) in [6.07, 6.45) is 0. The minimum Gasteiger partial charge on any atom is -0.465 e. The van der Waals surface area contributed by atoms with Crippen molar-refractivity contribution in [1.82, 2.24) is 9.29 Å². The van der Waals surface area contributed by atoms with Crippen LogP contribution in [0.4, 0.5) is 0 Å². The minimum atomic E-state index is -4.13. The van der Waals surface area contributed by atoms with Gasteiger partial charge in [0.15, 0.2) is 0 Å². The molecule has 0 atom stereocenters. The first-order valence-electron chi connectivity index (χ1n) is 8.39. The van der Waals surface area contributed by atoms with Gasteiger partial charge in [0.25, 0.3) is 0 Å². The molecule has 29 heavy (non-hydrogen) atoms. The van der Waals surface area contributed by atoms with E-state index in [1.807, 2.05) is 24.3 Å². The molecule has 0 radical (unpaired) electrons. The molecular weight excluding hydrogens is 416 g/mol. The number of carbonyl (C=O) groups is 2. The van der Waals surface area contributed by atoms with Gasteiger partial charge in [-0.2, -0.15) is 4.31 Å². The number of fused-ring (bicyclic) bond motifs is 1. The average Bonchev–Trinajstić information content (AvgIpc) is 3.14. The van der Waals surface area contributed by atoms with Crippen molar-refractivity contribution in [1.29, 1.82) is 0 Å². The molecule has 0 aliphatic carbocycles. The van der Waals surface area contributed by atoms with Crippen molar-refractivity contribution in [3.63, 3.8) is 0 Å². The first kappa shape index (κ1) is 20.9. The number of para-hydroxylation sites is 1. The summed E-state index contributed by atoms with van der Waals surface area (Å²) < 4.78 is 37.8. The Kier molecular flexibility index (Phi) is 5.96. The number of sulfonamides is 1. The van der Waals surface area contributed by atoms with Crippen LogP contribution in [0.1, 0.15) is 25.7 Å². The summed E-state index contributed by atoms with van der Waals surface area (Å²) in [4.78, 5) is 28.0. The van der Waals surface area contributed by atoms with Crippen molar-refractivity contribution in [2.75, 3.05) is 21.3 Å². The van der Waals surface area contributed by atoms with E-state index in [1.54, 1.807) is 0 Å². The molecule has 0 saturated heterocycles. The zero-order valence-corrected chi connectivity index (χ0v) is 17.5. The molecule has 3 rings (SSSR count). The van der Waals surface area contributed by atoms with Crippen molar-refractivity contribution in [2.45, 2.75) is 11.4 Å². The smallest absolute Gasteiger partial charge is 0.339 e. The highest BCUT2D eigenvalue weighted by Crippen LogP contribution is 2.27. The van der Waals surface area contributed by atoms with Gasteiger partial charge in [0.1, 0.15) is 5.01 Å². The molecule has 0 unspecified atom stereocenters. The second kappa shape index (κ2) is 8.27. The Bertz CT molecular complexity index is 1150. The number of rotatable bonds is 6. The zero-order chi connectivity index (χ0) is 21.2. The van der Waals surface area contributed by atoms with Crippen LogP contribution in [0, 0.1) is 0 Å². The molecule has 10 heteroatoms. The monoisotopic (exact) mass is 434 g/mol. The van der Waals surface area contributed by atoms with Gasteiger partial charge < -0.3 is 9.47 Å². The molecule has 152 valence electrons. The number of carbonyl (C=O) groups excluding carboxylic acids is 2. The fourth-order valence-corrected chi connectivity index (χ4v) is 5.13. The predicted octanol–water partition coefficient (Wildman–Crippen LogP) is 2.69. The summed E-state index contributed by atoms with van der Waals surface area (Å²) >= 11 is 1.38. The molecule has 0 aliphatic rings. The Morgan fingerprint density at radius 3 is 2.41 bits per heavy atom. The summed E-state index contributed by atoms with van der Waals surface area (Å²) in [5, 5.41) is 0.598. The molecule has 0 spiro atoms. The first-order chi connectivity index (χ1) is 13.8. The lowest BCUT2D eigenvalue weighted by Crippen LogP contribution is -2.28. The van der Waals surface area contributed by atoms with Crippen LogP contribution in [0.2, 0.25) is 0 Å². The Labute approximate surface area is 171 Å². The van der Waals surface area contributed by atoms with Gasteiger partial charge in [-0.05, 0) is 30.3 Å². The molecule has 0 fully saturated rings. The van der Waals surface area contributed by atoms with Crippen LogP contribution < -0.4 is 0 Å². The van der Waals surface area contributed by atoms with Gasteiger partial charge in [0.05, 0.1) is 47.0 Å². The number of methoxy groups -OCH3 is 2. The number of aromatic nitrogens is 1. The molecule has 2 aromatic carbocycles. The van der Waals surface area contributed by atoms with Crippen LogP contribution in [0.15, 0.2) is 47.4 Å². The topological polar surface area (TPSA) is 103 Å². The zero-order valence-electron chi connectivity index (χ0n) is 15.9. The van der Waals surface area contributed by atoms with E-state index in [0.29, 0.717) is 5.01 Å². The molecular formula is C19H18N2O6S2. The molecule has 0 aliphatic heterocycles. The standard InChI is InChI=1S/C19H18N2O6S2/c1-21(11-17-20-14-6-4-5-7-15(14)28-17)29(24,25)16-10-12(18(22)26-2)8-9-13(16)19(23)27-3/h4-10H,11H2,1-3H3. The third-order valence-corrected chi connectivity index (χ3v) is 7.06. The van der Waals surface area contributed by atoms with E-state index in [9.17, 15) is 18.0 Å². The summed E-state index contributed by atoms with van der Waals surface area (Å²) in [6, 6.07) is 11.1. The van der Waals surface area contributed by atoms with E-state index in [0.717, 1.165) is 27.7 Å². The van der Waals surface area contributed by atoms with Crippen molar-refractivity contribution >= 4 is 43.5 Å². The number of benzene rings is 2. The average molecular weight is 434 g/mol. The van der Waals surface area contributed by atoms with Gasteiger partial charge >= 0.3 is 11.9 Å². The highest BCUT2D eigenvalue weighted by atomic mass is 32.2. The molecule has 1 aromatic heterocycles. The molecule has 0 amide bonds. The lowest BCUT2D eigenvalue weighted by atomic mass is 10.1. The molecule has 0 saturated carbocycles. The lowest BCUT2D eigenvalue weighted by Gasteiger charge is -2.18. The van der Waals surface area contributed by atoms with E-state index in [2.05, 4.69) is 14.5 Å². The molecule has 0 bridgehead atoms. The van der Waals surface area contributed by atoms with Crippen molar-refractivity contribution < 1.29 is 27.5 Å². The van der Waals surface area contributed by atoms with Crippen molar-refractivity contribution in [3.05, 3.63) is 58.6 Å². The number of hydrogen-bond donors (Lipinski definition) is 0. The Hall–Kier alpha value is -2.82. The molecule has 8 nitrogen and oxygen atoms in total. The van der Waals surface area contributed by atoms with Crippen molar-refractivity contribution in [3.8, 4) is 0 Å². The number of ether oxygens (including phenoxy) is 2. The Morgan fingerprint density at radius 2 is 1.76 bits per heavy atom. The normalized spacial score (nSPS) is 11.6. The summed E-state index contributed by atoms with van der Waals surface area (Å²) in [5.41, 5.74) is 0.615. The van der Waals surface area contributed by atoms with Gasteiger partial charge in [0, 0.05) is 7.05 Å². The Morgan fingerprint density at radius 1 is 1.07 bits per heavy atom. The summed E-state index contributed by atoms with van der Waals surface area (Å²) in [7, 11) is -0.416. The van der Waals surface area contributed by atoms with Crippen molar-refractivity contribution in [2.24, 2.45) is 0 Å². The SMILES string of the molecule is COC(=O)c1ccc(C(=O)OC)c(S(=O)(=O)N(C)Cc2nc3ccccc3s2)c1. The van der Waals surface area contributed by atoms with Crippen LogP contribution in [0.3, 0.4) is 0 Å². The van der Waals surface area contributed by atoms with Gasteiger partial charge in [-0.25, -0.2) is 23.0 Å². The van der Waals surface area contributed by atoms with E-state index >= 15 is 0 Å². The van der Waals surface area contributed by atoms with Gasteiger partial charge in [-0.3, -0.25) is 0 Å². The second-order valence-corrected chi connectivity index (χ2v) is 9.16. The third kappa shape index (κ3) is 4.14. The number of thiazole rings is 1. The highest BCUT2D eigenvalue weighted by Gasteiger charge is 2.29. The molecule has 0 N–H and O–H groups in total. The number of esters is 2. The molecule has 3 aromatic rings.